The van der Waals surface area contributed by atoms with Gasteiger partial charge in [-0.25, -0.2) is 4.79 Å². The van der Waals surface area contributed by atoms with E-state index in [9.17, 15) is 24.0 Å². The molecular formula is C15H26N4O8. The van der Waals surface area contributed by atoms with Gasteiger partial charge in [-0.2, -0.15) is 0 Å². The average molecular weight is 390 g/mol. The van der Waals surface area contributed by atoms with Crippen molar-refractivity contribution >= 4 is 29.7 Å². The number of aliphatic carboxylic acids is 2. The zero-order valence-electron chi connectivity index (χ0n) is 15.1. The second kappa shape index (κ2) is 11.8. The Bertz CT molecular complexity index is 568. The summed E-state index contributed by atoms with van der Waals surface area (Å²) in [7, 11) is 0. The molecule has 154 valence electrons. The number of aliphatic hydroxyl groups is 1. The summed E-state index contributed by atoms with van der Waals surface area (Å²) in [5.74, 6) is -5.62. The molecule has 0 fully saturated rings. The van der Waals surface area contributed by atoms with E-state index in [0.29, 0.717) is 6.42 Å². The van der Waals surface area contributed by atoms with Crippen molar-refractivity contribution in [3.63, 3.8) is 0 Å². The van der Waals surface area contributed by atoms with Crippen LogP contribution in [-0.4, -0.2) is 76.3 Å². The van der Waals surface area contributed by atoms with Gasteiger partial charge in [-0.3, -0.25) is 19.2 Å². The number of nitrogens with one attached hydrogen (secondary N) is 3. The zero-order chi connectivity index (χ0) is 21.1. The molecular weight excluding hydrogens is 364 g/mol. The Balaban J connectivity index is 4.82. The van der Waals surface area contributed by atoms with Gasteiger partial charge < -0.3 is 37.0 Å². The number of aliphatic hydroxyl groups excluding tert-OH is 1. The van der Waals surface area contributed by atoms with E-state index in [4.69, 9.17) is 21.1 Å². The van der Waals surface area contributed by atoms with Gasteiger partial charge in [0.1, 0.15) is 12.1 Å². The van der Waals surface area contributed by atoms with Crippen molar-refractivity contribution in [1.29, 1.82) is 0 Å². The molecule has 4 atom stereocenters. The minimum atomic E-state index is -1.65. The molecule has 4 unspecified atom stereocenters. The van der Waals surface area contributed by atoms with Crippen LogP contribution in [0, 0.1) is 5.92 Å². The Morgan fingerprint density at radius 3 is 2.04 bits per heavy atom. The Morgan fingerprint density at radius 1 is 1.00 bits per heavy atom. The first-order valence-corrected chi connectivity index (χ1v) is 8.21. The number of rotatable bonds is 12. The third-order valence-electron chi connectivity index (χ3n) is 3.81. The third-order valence-corrected chi connectivity index (χ3v) is 3.81. The predicted octanol–water partition coefficient (Wildman–Crippen LogP) is -3.00. The van der Waals surface area contributed by atoms with Crippen molar-refractivity contribution < 1.29 is 39.3 Å². The van der Waals surface area contributed by atoms with Crippen molar-refractivity contribution in [2.45, 2.75) is 44.8 Å². The summed E-state index contributed by atoms with van der Waals surface area (Å²) < 4.78 is 0. The number of hydrogen-bond donors (Lipinski definition) is 7. The molecule has 0 bridgehead atoms. The Kier molecular flexibility index (Phi) is 10.6. The number of carboxylic acid groups (broad SMARTS) is 2. The van der Waals surface area contributed by atoms with Crippen molar-refractivity contribution in [1.82, 2.24) is 16.0 Å². The topological polar surface area (TPSA) is 208 Å². The second-order valence-corrected chi connectivity index (χ2v) is 5.93. The number of amides is 3. The van der Waals surface area contributed by atoms with Crippen LogP contribution in [0.15, 0.2) is 0 Å². The standard InChI is InChI=1S/C15H26N4O8/c1-3-7(2)12(16)14(25)17-5-10(21)18-8(4-11(22)23)13(24)19-9(6-20)15(26)27/h7-9,12,20H,3-6,16H2,1-2H3,(H,17,25)(H,18,21)(H,19,24)(H,22,23)(H,26,27). The summed E-state index contributed by atoms with van der Waals surface area (Å²) in [4.78, 5) is 57.4. The van der Waals surface area contributed by atoms with Gasteiger partial charge in [0.2, 0.25) is 17.7 Å². The first-order valence-electron chi connectivity index (χ1n) is 8.21. The molecule has 0 rings (SSSR count). The van der Waals surface area contributed by atoms with Crippen LogP contribution in [0.1, 0.15) is 26.7 Å². The molecule has 8 N–H and O–H groups in total. The van der Waals surface area contributed by atoms with Gasteiger partial charge in [0.25, 0.3) is 0 Å². The highest BCUT2D eigenvalue weighted by atomic mass is 16.4. The van der Waals surface area contributed by atoms with E-state index in [1.54, 1.807) is 6.92 Å². The van der Waals surface area contributed by atoms with E-state index in [2.05, 4.69) is 10.6 Å². The molecule has 0 aromatic heterocycles. The van der Waals surface area contributed by atoms with E-state index in [1.807, 2.05) is 12.2 Å². The lowest BCUT2D eigenvalue weighted by Crippen LogP contribution is -2.55. The van der Waals surface area contributed by atoms with Crippen molar-refractivity contribution in [2.24, 2.45) is 11.7 Å². The van der Waals surface area contributed by atoms with E-state index >= 15 is 0 Å². The summed E-state index contributed by atoms with van der Waals surface area (Å²) >= 11 is 0. The van der Waals surface area contributed by atoms with Gasteiger partial charge in [-0.05, 0) is 5.92 Å². The summed E-state index contributed by atoms with van der Waals surface area (Å²) in [5, 5.41) is 32.8. The van der Waals surface area contributed by atoms with Crippen LogP contribution in [0.2, 0.25) is 0 Å². The molecule has 0 aromatic rings. The van der Waals surface area contributed by atoms with E-state index in [0.717, 1.165) is 0 Å². The third kappa shape index (κ3) is 8.96. The number of carbonyl (C=O) groups is 5. The maximum Gasteiger partial charge on any atom is 0.328 e. The predicted molar refractivity (Wildman–Crippen MR) is 91.3 cm³/mol. The van der Waals surface area contributed by atoms with Crippen LogP contribution in [0.5, 0.6) is 0 Å². The normalized spacial score (nSPS) is 15.0. The number of hydrogen-bond acceptors (Lipinski definition) is 7. The van der Waals surface area contributed by atoms with E-state index in [-0.39, 0.29) is 5.92 Å². The average Bonchev–Trinajstić information content (AvgIpc) is 2.61. The van der Waals surface area contributed by atoms with Gasteiger partial charge in [-0.1, -0.05) is 20.3 Å². The molecule has 27 heavy (non-hydrogen) atoms. The first kappa shape index (κ1) is 24.3. The van der Waals surface area contributed by atoms with Gasteiger partial charge in [0.05, 0.1) is 25.6 Å². The van der Waals surface area contributed by atoms with Gasteiger partial charge in [0.15, 0.2) is 0 Å². The van der Waals surface area contributed by atoms with Crippen LogP contribution >= 0.6 is 0 Å². The Morgan fingerprint density at radius 2 is 1.59 bits per heavy atom. The molecule has 12 heteroatoms. The summed E-state index contributed by atoms with van der Waals surface area (Å²) in [5.41, 5.74) is 5.71. The SMILES string of the molecule is CCC(C)C(N)C(=O)NCC(=O)NC(CC(=O)O)C(=O)NC(CO)C(=O)O. The van der Waals surface area contributed by atoms with Crippen molar-refractivity contribution in [3.8, 4) is 0 Å². The van der Waals surface area contributed by atoms with Gasteiger partial charge in [-0.15, -0.1) is 0 Å². The number of nitrogens with two attached hydrogens (primary N) is 1. The molecule has 0 radical (unpaired) electrons. The highest BCUT2D eigenvalue weighted by Crippen LogP contribution is 2.04. The Hall–Kier alpha value is -2.73. The lowest BCUT2D eigenvalue weighted by Gasteiger charge is -2.20. The highest BCUT2D eigenvalue weighted by Gasteiger charge is 2.28. The molecule has 0 heterocycles. The molecule has 0 aliphatic rings. The van der Waals surface area contributed by atoms with Crippen LogP contribution in [-0.2, 0) is 24.0 Å². The molecule has 0 saturated carbocycles. The maximum atomic E-state index is 12.0. The van der Waals surface area contributed by atoms with Crippen molar-refractivity contribution in [2.75, 3.05) is 13.2 Å². The largest absolute Gasteiger partial charge is 0.481 e. The quantitative estimate of drug-likeness (QED) is 0.181. The summed E-state index contributed by atoms with van der Waals surface area (Å²) in [6.07, 6.45) is -0.174. The van der Waals surface area contributed by atoms with Crippen molar-refractivity contribution in [3.05, 3.63) is 0 Å². The Labute approximate surface area is 155 Å². The van der Waals surface area contributed by atoms with E-state index < -0.39 is 67.4 Å². The van der Waals surface area contributed by atoms with Gasteiger partial charge in [0, 0.05) is 0 Å². The van der Waals surface area contributed by atoms with Crippen LogP contribution < -0.4 is 21.7 Å². The monoisotopic (exact) mass is 390 g/mol. The van der Waals surface area contributed by atoms with Gasteiger partial charge >= 0.3 is 11.9 Å². The minimum absolute atomic E-state index is 0.120. The molecule has 0 saturated heterocycles. The minimum Gasteiger partial charge on any atom is -0.481 e. The summed E-state index contributed by atoms with van der Waals surface area (Å²) in [6, 6.07) is -4.08. The van der Waals surface area contributed by atoms with Crippen LogP contribution in [0.4, 0.5) is 0 Å². The molecule has 3 amide bonds. The number of carboxylic acids is 2. The molecule has 0 aliphatic carbocycles. The van der Waals surface area contributed by atoms with E-state index in [1.165, 1.54) is 0 Å². The number of carbonyl (C=O) groups excluding carboxylic acids is 3. The maximum absolute atomic E-state index is 12.0. The second-order valence-electron chi connectivity index (χ2n) is 5.93. The lowest BCUT2D eigenvalue weighted by molar-refractivity contribution is -0.144. The molecule has 0 aliphatic heterocycles. The van der Waals surface area contributed by atoms with Crippen LogP contribution in [0.3, 0.4) is 0 Å². The molecule has 12 nitrogen and oxygen atoms in total. The molecule has 0 aromatic carbocycles. The fourth-order valence-corrected chi connectivity index (χ4v) is 1.88. The lowest BCUT2D eigenvalue weighted by atomic mass is 9.99. The first-order chi connectivity index (χ1) is 12.5. The summed E-state index contributed by atoms with van der Waals surface area (Å²) in [6.45, 7) is 2.14. The fourth-order valence-electron chi connectivity index (χ4n) is 1.88. The fraction of sp³-hybridized carbons (Fsp3) is 0.667. The van der Waals surface area contributed by atoms with Crippen LogP contribution in [0.25, 0.3) is 0 Å². The molecule has 0 spiro atoms. The zero-order valence-corrected chi connectivity index (χ0v) is 15.1. The highest BCUT2D eigenvalue weighted by molar-refractivity contribution is 5.94. The smallest absolute Gasteiger partial charge is 0.328 e.